The molecule has 1 rings (SSSR count). The average Bonchev–Trinajstić information content (AvgIpc) is 2.26. The molecule has 0 spiro atoms. The van der Waals surface area contributed by atoms with Gasteiger partial charge in [0.05, 0.1) is 4.90 Å². The van der Waals surface area contributed by atoms with E-state index >= 15 is 0 Å². The van der Waals surface area contributed by atoms with E-state index in [1.807, 2.05) is 0 Å². The van der Waals surface area contributed by atoms with Gasteiger partial charge >= 0.3 is 19.7 Å². The molecule has 0 unspecified atom stereocenters. The van der Waals surface area contributed by atoms with Crippen LogP contribution < -0.4 is 0 Å². The highest BCUT2D eigenvalue weighted by Crippen LogP contribution is 2.73. The number of rotatable bonds is 4. The molecule has 0 aromatic heterocycles. The minimum Gasteiger partial charge on any atom is -0.321 e. The summed E-state index contributed by atoms with van der Waals surface area (Å²) in [6.45, 7) is 0. The minimum absolute atomic E-state index is 0.759. The Kier molecular flexibility index (Phi) is 4.11. The third-order valence-electron chi connectivity index (χ3n) is 2.11. The van der Waals surface area contributed by atoms with Gasteiger partial charge in [-0.2, -0.15) is 4.39 Å². The zero-order valence-electron chi connectivity index (χ0n) is 8.99. The highest BCUT2D eigenvalue weighted by atomic mass is 32.2. The standard InChI is InChI=1S/C7H9FO8P2S/c8-7(17(9,10)11,18(12,13)14)19(15,16)6-4-2-1-3-5-6/h1-5H,(H2,9,10,11)(H2,12,13,14). The number of hydrogen-bond acceptors (Lipinski definition) is 4. The fourth-order valence-corrected chi connectivity index (χ4v) is 6.54. The molecule has 4 N–H and O–H groups in total. The molecule has 8 nitrogen and oxygen atoms in total. The highest BCUT2D eigenvalue weighted by molar-refractivity contribution is 8.07. The highest BCUT2D eigenvalue weighted by Gasteiger charge is 2.71. The van der Waals surface area contributed by atoms with Crippen molar-refractivity contribution in [3.8, 4) is 0 Å². The number of sulfone groups is 1. The number of alkyl halides is 1. The van der Waals surface area contributed by atoms with Gasteiger partial charge in [0.2, 0.25) is 9.84 Å². The number of hydrogen-bond donors (Lipinski definition) is 4. The van der Waals surface area contributed by atoms with E-state index in [0.717, 1.165) is 24.3 Å². The second kappa shape index (κ2) is 4.75. The average molecular weight is 334 g/mol. The minimum atomic E-state index is -6.31. The molecule has 0 bridgehead atoms. The molecule has 0 amide bonds. The Morgan fingerprint density at radius 2 is 1.32 bits per heavy atom. The molecule has 0 radical (unpaired) electrons. The lowest BCUT2D eigenvalue weighted by atomic mass is 10.4. The summed E-state index contributed by atoms with van der Waals surface area (Å²) in [5.41, 5.74) is 0. The van der Waals surface area contributed by atoms with Gasteiger partial charge in [0.1, 0.15) is 0 Å². The maximum absolute atomic E-state index is 14.2. The van der Waals surface area contributed by atoms with Crippen LogP contribution in [-0.2, 0) is 19.0 Å². The molecule has 19 heavy (non-hydrogen) atoms. The summed E-state index contributed by atoms with van der Waals surface area (Å²) in [7, 11) is -18.2. The summed E-state index contributed by atoms with van der Waals surface area (Å²) in [5.74, 6) is 0. The smallest absolute Gasteiger partial charge is 0.321 e. The van der Waals surface area contributed by atoms with Crippen LogP contribution in [-0.4, -0.2) is 32.5 Å². The third-order valence-corrected chi connectivity index (χ3v) is 9.56. The van der Waals surface area contributed by atoms with Crippen molar-refractivity contribution in [2.24, 2.45) is 0 Å². The van der Waals surface area contributed by atoms with Gasteiger partial charge in [0.25, 0.3) is 0 Å². The summed E-state index contributed by atoms with van der Waals surface area (Å²) < 4.78 is 54.6. The van der Waals surface area contributed by atoms with Crippen molar-refractivity contribution >= 4 is 25.0 Å². The Hall–Kier alpha value is -0.600. The van der Waals surface area contributed by atoms with Gasteiger partial charge < -0.3 is 19.6 Å². The fraction of sp³-hybridized carbons (Fsp3) is 0.143. The van der Waals surface area contributed by atoms with Crippen molar-refractivity contribution in [3.05, 3.63) is 30.3 Å². The SMILES string of the molecule is O=P(O)(O)C(F)(P(=O)(O)O)S(=O)(=O)c1ccccc1. The van der Waals surface area contributed by atoms with Crippen LogP contribution in [0.4, 0.5) is 4.39 Å². The van der Waals surface area contributed by atoms with E-state index in [9.17, 15) is 21.9 Å². The van der Waals surface area contributed by atoms with Crippen molar-refractivity contribution in [2.45, 2.75) is 9.38 Å². The van der Waals surface area contributed by atoms with Gasteiger partial charge in [-0.15, -0.1) is 0 Å². The van der Waals surface area contributed by atoms with Crippen molar-refractivity contribution in [3.63, 3.8) is 0 Å². The van der Waals surface area contributed by atoms with E-state index in [4.69, 9.17) is 19.6 Å². The van der Waals surface area contributed by atoms with Gasteiger partial charge in [-0.1, -0.05) is 18.2 Å². The zero-order chi connectivity index (χ0) is 15.1. The van der Waals surface area contributed by atoms with Crippen LogP contribution >= 0.6 is 15.2 Å². The molecule has 12 heteroatoms. The fourth-order valence-electron chi connectivity index (χ4n) is 1.23. The lowest BCUT2D eigenvalue weighted by molar-refractivity contribution is 0.269. The zero-order valence-corrected chi connectivity index (χ0v) is 11.6. The van der Waals surface area contributed by atoms with Crippen LogP contribution in [0.2, 0.25) is 0 Å². The Balaban J connectivity index is 3.72. The molecule has 108 valence electrons. The summed E-state index contributed by atoms with van der Waals surface area (Å²) in [4.78, 5) is 34.0. The topological polar surface area (TPSA) is 149 Å². The van der Waals surface area contributed by atoms with Crippen molar-refractivity contribution < 1.29 is 41.5 Å². The molecule has 0 aliphatic heterocycles. The van der Waals surface area contributed by atoms with Crippen LogP contribution in [0.15, 0.2) is 35.2 Å². The van der Waals surface area contributed by atoms with E-state index < -0.39 is 34.4 Å². The van der Waals surface area contributed by atoms with Crippen LogP contribution in [0, 0.1) is 0 Å². The molecule has 0 fully saturated rings. The lowest BCUT2D eigenvalue weighted by Crippen LogP contribution is -2.33. The van der Waals surface area contributed by atoms with E-state index in [1.54, 1.807) is 0 Å². The van der Waals surface area contributed by atoms with Crippen LogP contribution in [0.3, 0.4) is 0 Å². The summed E-state index contributed by atoms with van der Waals surface area (Å²) >= 11 is 0. The first-order chi connectivity index (χ1) is 8.36. The Bertz CT molecular complexity index is 638. The van der Waals surface area contributed by atoms with Gasteiger partial charge in [-0.3, -0.25) is 9.13 Å². The van der Waals surface area contributed by atoms with Gasteiger partial charge in [-0.05, 0) is 12.1 Å². The van der Waals surface area contributed by atoms with Gasteiger partial charge in [0, 0.05) is 0 Å². The van der Waals surface area contributed by atoms with Crippen molar-refractivity contribution in [1.82, 2.24) is 0 Å². The van der Waals surface area contributed by atoms with E-state index in [1.165, 1.54) is 6.07 Å². The largest absolute Gasteiger partial charge is 0.410 e. The van der Waals surface area contributed by atoms with Gasteiger partial charge in [0.15, 0.2) is 0 Å². The van der Waals surface area contributed by atoms with E-state index in [0.29, 0.717) is 0 Å². The molecule has 0 saturated heterocycles. The second-order valence-electron chi connectivity index (χ2n) is 3.43. The number of halogens is 1. The maximum atomic E-state index is 14.2. The first kappa shape index (κ1) is 16.5. The van der Waals surface area contributed by atoms with Crippen LogP contribution in [0.1, 0.15) is 0 Å². The Morgan fingerprint density at radius 1 is 0.947 bits per heavy atom. The molecule has 0 aliphatic carbocycles. The van der Waals surface area contributed by atoms with E-state index in [-0.39, 0.29) is 0 Å². The Labute approximate surface area is 107 Å². The predicted molar refractivity (Wildman–Crippen MR) is 61.6 cm³/mol. The van der Waals surface area contributed by atoms with E-state index in [2.05, 4.69) is 0 Å². The maximum Gasteiger partial charge on any atom is 0.410 e. The summed E-state index contributed by atoms with van der Waals surface area (Å²) in [6.07, 6.45) is 0. The number of benzene rings is 1. The molecule has 0 aliphatic rings. The monoisotopic (exact) mass is 334 g/mol. The first-order valence-electron chi connectivity index (χ1n) is 4.45. The molecule has 0 saturated carbocycles. The first-order valence-corrected chi connectivity index (χ1v) is 9.16. The summed E-state index contributed by atoms with van der Waals surface area (Å²) in [5, 5.41) is 0. The predicted octanol–water partition coefficient (Wildman–Crippen LogP) is 0.397. The molecular weight excluding hydrogens is 325 g/mol. The molecular formula is C7H9FO8P2S. The summed E-state index contributed by atoms with van der Waals surface area (Å²) in [6, 6.07) is 5.05. The molecule has 0 atom stereocenters. The van der Waals surface area contributed by atoms with Crippen molar-refractivity contribution in [2.75, 3.05) is 0 Å². The van der Waals surface area contributed by atoms with Crippen LogP contribution in [0.5, 0.6) is 0 Å². The Morgan fingerprint density at radius 3 is 1.63 bits per heavy atom. The van der Waals surface area contributed by atoms with Crippen LogP contribution in [0.25, 0.3) is 0 Å². The quantitative estimate of drug-likeness (QED) is 0.578. The third kappa shape index (κ3) is 2.53. The molecule has 1 aromatic rings. The molecule has 1 aromatic carbocycles. The molecule has 0 heterocycles. The van der Waals surface area contributed by atoms with Crippen molar-refractivity contribution in [1.29, 1.82) is 0 Å². The lowest BCUT2D eigenvalue weighted by Gasteiger charge is -2.26. The second-order valence-corrected chi connectivity index (χ2v) is 9.84. The normalized spacial score (nSPS) is 14.4. The van der Waals surface area contributed by atoms with Gasteiger partial charge in [-0.25, -0.2) is 8.42 Å².